The van der Waals surface area contributed by atoms with Crippen molar-refractivity contribution in [3.63, 3.8) is 0 Å². The summed E-state index contributed by atoms with van der Waals surface area (Å²) in [6.45, 7) is 8.70. The number of methoxy groups -OCH3 is 1. The summed E-state index contributed by atoms with van der Waals surface area (Å²) in [6, 6.07) is 0.150. The molecule has 102 valence electrons. The Balaban J connectivity index is 2.51. The number of ether oxygens (including phenoxy) is 1. The van der Waals surface area contributed by atoms with Crippen LogP contribution < -0.4 is 0 Å². The van der Waals surface area contributed by atoms with Crippen molar-refractivity contribution in [3.8, 4) is 0 Å². The van der Waals surface area contributed by atoms with Crippen molar-refractivity contribution in [1.82, 2.24) is 4.90 Å². The zero-order chi connectivity index (χ0) is 13.9. The van der Waals surface area contributed by atoms with Crippen molar-refractivity contribution in [3.05, 3.63) is 0 Å². The molecule has 4 heteroatoms. The van der Waals surface area contributed by atoms with Crippen LogP contribution in [0.25, 0.3) is 0 Å². The number of carbonyl (C=O) groups is 2. The average molecular weight is 253 g/mol. The minimum absolute atomic E-state index is 0.00481. The molecule has 18 heavy (non-hydrogen) atoms. The van der Waals surface area contributed by atoms with Crippen molar-refractivity contribution in [2.24, 2.45) is 16.7 Å². The summed E-state index contributed by atoms with van der Waals surface area (Å²) in [7, 11) is 3.38. The van der Waals surface area contributed by atoms with Crippen LogP contribution in [0.4, 0.5) is 0 Å². The van der Waals surface area contributed by atoms with E-state index in [0.29, 0.717) is 6.42 Å². The van der Waals surface area contributed by atoms with Gasteiger partial charge in [0.05, 0.1) is 7.11 Å². The SMILES string of the molecule is COC(=O)C1C(=O)CC2N(C)C1C(C)(C)C2(C)C. The molecule has 2 heterocycles. The van der Waals surface area contributed by atoms with E-state index in [9.17, 15) is 9.59 Å². The van der Waals surface area contributed by atoms with Gasteiger partial charge in [-0.2, -0.15) is 0 Å². The molecule has 2 aliphatic rings. The summed E-state index contributed by atoms with van der Waals surface area (Å²) in [5.41, 5.74) is -0.0950. The maximum absolute atomic E-state index is 12.2. The molecule has 0 aromatic carbocycles. The van der Waals surface area contributed by atoms with Gasteiger partial charge in [0, 0.05) is 18.5 Å². The van der Waals surface area contributed by atoms with Gasteiger partial charge >= 0.3 is 5.97 Å². The van der Waals surface area contributed by atoms with Crippen LogP contribution in [0.2, 0.25) is 0 Å². The third-order valence-corrected chi connectivity index (χ3v) is 5.68. The highest BCUT2D eigenvalue weighted by molar-refractivity contribution is 6.01. The van der Waals surface area contributed by atoms with Crippen LogP contribution in [-0.4, -0.2) is 42.9 Å². The Labute approximate surface area is 109 Å². The number of fused-ring (bicyclic) bond motifs is 2. The van der Waals surface area contributed by atoms with Gasteiger partial charge in [0.25, 0.3) is 0 Å². The Hall–Kier alpha value is -0.900. The Bertz CT molecular complexity index is 400. The first-order valence-electron chi connectivity index (χ1n) is 6.48. The van der Waals surface area contributed by atoms with Crippen molar-refractivity contribution in [1.29, 1.82) is 0 Å². The van der Waals surface area contributed by atoms with E-state index in [4.69, 9.17) is 4.74 Å². The van der Waals surface area contributed by atoms with E-state index >= 15 is 0 Å². The van der Waals surface area contributed by atoms with Gasteiger partial charge in [0.1, 0.15) is 11.7 Å². The molecule has 0 aromatic heterocycles. The summed E-state index contributed by atoms with van der Waals surface area (Å²) in [5.74, 6) is -0.984. The molecule has 3 atom stereocenters. The van der Waals surface area contributed by atoms with Gasteiger partial charge in [-0.15, -0.1) is 0 Å². The quantitative estimate of drug-likeness (QED) is 0.524. The monoisotopic (exact) mass is 253 g/mol. The number of rotatable bonds is 1. The molecule has 2 bridgehead atoms. The summed E-state index contributed by atoms with van der Waals surface area (Å²) in [6.07, 6.45) is 0.448. The van der Waals surface area contributed by atoms with Gasteiger partial charge in [-0.3, -0.25) is 14.5 Å². The molecular formula is C14H23NO3. The van der Waals surface area contributed by atoms with Gasteiger partial charge in [-0.25, -0.2) is 0 Å². The van der Waals surface area contributed by atoms with Gasteiger partial charge in [0.2, 0.25) is 0 Å². The first-order chi connectivity index (χ1) is 8.16. The molecule has 0 N–H and O–H groups in total. The Morgan fingerprint density at radius 2 is 1.83 bits per heavy atom. The lowest BCUT2D eigenvalue weighted by Gasteiger charge is -2.39. The predicted octanol–water partition coefficient (Wildman–Crippen LogP) is 1.48. The minimum Gasteiger partial charge on any atom is -0.468 e. The van der Waals surface area contributed by atoms with E-state index in [0.717, 1.165) is 0 Å². The number of piperidine rings is 1. The largest absolute Gasteiger partial charge is 0.468 e. The lowest BCUT2D eigenvalue weighted by molar-refractivity contribution is -0.155. The van der Waals surface area contributed by atoms with E-state index in [1.165, 1.54) is 7.11 Å². The molecule has 0 saturated carbocycles. The van der Waals surface area contributed by atoms with E-state index in [1.54, 1.807) is 0 Å². The molecule has 2 fully saturated rings. The van der Waals surface area contributed by atoms with E-state index < -0.39 is 5.92 Å². The molecule has 2 rings (SSSR count). The van der Waals surface area contributed by atoms with E-state index in [1.807, 2.05) is 7.05 Å². The van der Waals surface area contributed by atoms with Gasteiger partial charge < -0.3 is 4.74 Å². The molecule has 4 nitrogen and oxygen atoms in total. The average Bonchev–Trinajstić information content (AvgIpc) is 2.36. The van der Waals surface area contributed by atoms with Crippen LogP contribution in [0.15, 0.2) is 0 Å². The lowest BCUT2D eigenvalue weighted by atomic mass is 9.64. The second-order valence-corrected chi connectivity index (χ2v) is 6.74. The summed E-state index contributed by atoms with van der Waals surface area (Å²) in [4.78, 5) is 26.4. The number of esters is 1. The number of nitrogens with zero attached hydrogens (tertiary/aromatic N) is 1. The Kier molecular flexibility index (Phi) is 2.85. The number of hydrogen-bond acceptors (Lipinski definition) is 4. The number of hydrogen-bond donors (Lipinski definition) is 0. The highest BCUT2D eigenvalue weighted by Crippen LogP contribution is 2.58. The van der Waals surface area contributed by atoms with Crippen LogP contribution in [-0.2, 0) is 14.3 Å². The fourth-order valence-corrected chi connectivity index (χ4v) is 3.95. The summed E-state index contributed by atoms with van der Waals surface area (Å²) in [5, 5.41) is 0. The smallest absolute Gasteiger partial charge is 0.317 e. The molecular weight excluding hydrogens is 230 g/mol. The summed E-state index contributed by atoms with van der Waals surface area (Å²) >= 11 is 0. The molecule has 0 aliphatic carbocycles. The zero-order valence-corrected chi connectivity index (χ0v) is 12.1. The topological polar surface area (TPSA) is 46.6 Å². The molecule has 0 spiro atoms. The normalized spacial score (nSPS) is 37.7. The maximum Gasteiger partial charge on any atom is 0.317 e. The fraction of sp³-hybridized carbons (Fsp3) is 0.857. The first kappa shape index (κ1) is 13.5. The third-order valence-electron chi connectivity index (χ3n) is 5.68. The van der Waals surface area contributed by atoms with Crippen molar-refractivity contribution in [2.75, 3.05) is 14.2 Å². The molecule has 0 amide bonds. The minimum atomic E-state index is -0.631. The van der Waals surface area contributed by atoms with Gasteiger partial charge in [-0.1, -0.05) is 27.7 Å². The second-order valence-electron chi connectivity index (χ2n) is 6.74. The predicted molar refractivity (Wildman–Crippen MR) is 68.0 cm³/mol. The number of Topliss-reactive ketones (excluding diaryl/α,β-unsaturated/α-hetero) is 1. The standard InChI is InChI=1S/C14H23NO3/c1-13(2)9-7-8(16)10(12(17)18-6)11(15(9)5)14(13,3)4/h9-11H,7H2,1-6H3. The van der Waals surface area contributed by atoms with E-state index in [-0.39, 0.29) is 34.7 Å². The maximum atomic E-state index is 12.2. The molecule has 0 aromatic rings. The molecule has 2 saturated heterocycles. The number of ketones is 1. The molecule has 3 unspecified atom stereocenters. The van der Waals surface area contributed by atoms with Crippen LogP contribution in [0.1, 0.15) is 34.1 Å². The highest BCUT2D eigenvalue weighted by atomic mass is 16.5. The summed E-state index contributed by atoms with van der Waals surface area (Å²) < 4.78 is 4.83. The molecule has 0 radical (unpaired) electrons. The van der Waals surface area contributed by atoms with Crippen LogP contribution in [0.3, 0.4) is 0 Å². The van der Waals surface area contributed by atoms with Crippen molar-refractivity contribution >= 4 is 11.8 Å². The van der Waals surface area contributed by atoms with Gasteiger partial charge in [-0.05, 0) is 17.9 Å². The Morgan fingerprint density at radius 1 is 1.28 bits per heavy atom. The van der Waals surface area contributed by atoms with Gasteiger partial charge in [0.15, 0.2) is 0 Å². The Morgan fingerprint density at radius 3 is 2.33 bits per heavy atom. The van der Waals surface area contributed by atoms with Crippen LogP contribution in [0, 0.1) is 16.7 Å². The lowest BCUT2D eigenvalue weighted by Crippen LogP contribution is -2.53. The van der Waals surface area contributed by atoms with Crippen molar-refractivity contribution in [2.45, 2.75) is 46.2 Å². The molecule has 2 aliphatic heterocycles. The highest BCUT2D eigenvalue weighted by Gasteiger charge is 2.65. The fourth-order valence-electron chi connectivity index (χ4n) is 3.95. The van der Waals surface area contributed by atoms with E-state index in [2.05, 4.69) is 32.6 Å². The first-order valence-corrected chi connectivity index (χ1v) is 6.48. The number of carbonyl (C=O) groups excluding carboxylic acids is 2. The van der Waals surface area contributed by atoms with Crippen LogP contribution >= 0.6 is 0 Å². The van der Waals surface area contributed by atoms with Crippen LogP contribution in [0.5, 0.6) is 0 Å². The zero-order valence-electron chi connectivity index (χ0n) is 12.1. The van der Waals surface area contributed by atoms with Crippen molar-refractivity contribution < 1.29 is 14.3 Å². The third kappa shape index (κ3) is 1.41. The second kappa shape index (κ2) is 3.80.